The molecule has 0 aliphatic heterocycles. The molecule has 1 atom stereocenters. The fourth-order valence-corrected chi connectivity index (χ4v) is 7.29. The van der Waals surface area contributed by atoms with Crippen LogP contribution in [0.5, 0.6) is 0 Å². The fourth-order valence-electron chi connectivity index (χ4n) is 2.99. The van der Waals surface area contributed by atoms with Gasteiger partial charge in [-0.05, 0) is 40.2 Å². The number of carbonyl (C=O) groups excluding carboxylic acids is 1. The van der Waals surface area contributed by atoms with Crippen LogP contribution in [0.15, 0.2) is 0 Å². The summed E-state index contributed by atoms with van der Waals surface area (Å²) in [5, 5.41) is 3.31. The van der Waals surface area contributed by atoms with Crippen LogP contribution in [0.3, 0.4) is 0 Å². The number of hydrogen-bond donors (Lipinski definition) is 1. The van der Waals surface area contributed by atoms with Crippen molar-refractivity contribution in [3.05, 3.63) is 0 Å². The highest BCUT2D eigenvalue weighted by atomic mass is 28.4. The molecule has 0 aromatic carbocycles. The summed E-state index contributed by atoms with van der Waals surface area (Å²) in [6.45, 7) is 11.1. The normalized spacial score (nSPS) is 13.4. The Morgan fingerprint density at radius 3 is 1.80 bits per heavy atom. The van der Waals surface area contributed by atoms with Gasteiger partial charge in [0.05, 0.1) is 12.5 Å². The lowest BCUT2D eigenvalue weighted by Gasteiger charge is -2.28. The van der Waals surface area contributed by atoms with Gasteiger partial charge in [0.1, 0.15) is 0 Å². The highest BCUT2D eigenvalue weighted by Crippen LogP contribution is 2.18. The van der Waals surface area contributed by atoms with Crippen molar-refractivity contribution in [2.75, 3.05) is 60.8 Å². The van der Waals surface area contributed by atoms with E-state index in [-0.39, 0.29) is 11.9 Å². The zero-order chi connectivity index (χ0) is 22.9. The van der Waals surface area contributed by atoms with Crippen LogP contribution in [0.1, 0.15) is 40.5 Å². The van der Waals surface area contributed by atoms with Gasteiger partial charge in [0.15, 0.2) is 0 Å². The minimum Gasteiger partial charge on any atom is -0.465 e. The second-order valence-electron chi connectivity index (χ2n) is 6.76. The van der Waals surface area contributed by atoms with Crippen LogP contribution in [0, 0.1) is 5.92 Å². The molecule has 0 fully saturated rings. The van der Waals surface area contributed by atoms with E-state index >= 15 is 0 Å². The van der Waals surface area contributed by atoms with Gasteiger partial charge in [-0.3, -0.25) is 4.79 Å². The Hall–Kier alpha value is -0.376. The Morgan fingerprint density at radius 2 is 1.33 bits per heavy atom. The summed E-state index contributed by atoms with van der Waals surface area (Å²) < 4.78 is 39.0. The summed E-state index contributed by atoms with van der Waals surface area (Å²) in [6.07, 6.45) is 1.48. The van der Waals surface area contributed by atoms with E-state index in [1.165, 1.54) is 0 Å². The predicted molar refractivity (Wildman–Crippen MR) is 119 cm³/mol. The Morgan fingerprint density at radius 1 is 0.833 bits per heavy atom. The van der Waals surface area contributed by atoms with Crippen LogP contribution in [0.25, 0.3) is 0 Å². The summed E-state index contributed by atoms with van der Waals surface area (Å²) >= 11 is 0. The summed E-state index contributed by atoms with van der Waals surface area (Å²) in [6, 6.07) is 1.35. The maximum atomic E-state index is 12.2. The number of ether oxygens (including phenoxy) is 1. The third kappa shape index (κ3) is 11.3. The Balaban J connectivity index is 4.14. The van der Waals surface area contributed by atoms with Gasteiger partial charge in [0, 0.05) is 59.8 Å². The second kappa shape index (κ2) is 17.2. The van der Waals surface area contributed by atoms with Crippen LogP contribution < -0.4 is 5.32 Å². The average Bonchev–Trinajstić information content (AvgIpc) is 2.74. The zero-order valence-corrected chi connectivity index (χ0v) is 21.9. The smallest absolute Gasteiger partial charge is 0.465 e. The molecule has 0 aromatic rings. The standard InChI is InChI=1S/C19H43NO8Si2/c1-8-26-30(27-9-2,28-10-3)15-11-13-20-17-18(4)19(21)25-14-12-16-29(22-5,23-6)24-7/h18,20H,8-17H2,1-7H3. The first kappa shape index (κ1) is 29.6. The van der Waals surface area contributed by atoms with Crippen molar-refractivity contribution in [2.24, 2.45) is 5.92 Å². The van der Waals surface area contributed by atoms with E-state index in [0.717, 1.165) is 19.0 Å². The lowest BCUT2D eigenvalue weighted by atomic mass is 10.2. The number of nitrogens with one attached hydrogen (secondary N) is 1. The van der Waals surface area contributed by atoms with Gasteiger partial charge in [-0.15, -0.1) is 0 Å². The van der Waals surface area contributed by atoms with Gasteiger partial charge in [0.2, 0.25) is 0 Å². The fraction of sp³-hybridized carbons (Fsp3) is 0.947. The van der Waals surface area contributed by atoms with E-state index < -0.39 is 17.6 Å². The summed E-state index contributed by atoms with van der Waals surface area (Å²) in [5.41, 5.74) is 0. The monoisotopic (exact) mass is 469 g/mol. The van der Waals surface area contributed by atoms with Gasteiger partial charge >= 0.3 is 23.6 Å². The van der Waals surface area contributed by atoms with Crippen molar-refractivity contribution in [3.8, 4) is 0 Å². The Bertz CT molecular complexity index is 415. The molecule has 9 nitrogen and oxygen atoms in total. The second-order valence-corrected chi connectivity index (χ2v) is 12.6. The maximum Gasteiger partial charge on any atom is 0.500 e. The molecule has 0 aromatic heterocycles. The summed E-state index contributed by atoms with van der Waals surface area (Å²) in [5.74, 6) is -0.448. The molecule has 0 amide bonds. The van der Waals surface area contributed by atoms with Crippen LogP contribution in [0.4, 0.5) is 0 Å². The summed E-state index contributed by atoms with van der Waals surface area (Å²) in [7, 11) is -0.496. The van der Waals surface area contributed by atoms with Crippen molar-refractivity contribution >= 4 is 23.6 Å². The van der Waals surface area contributed by atoms with Crippen LogP contribution in [-0.2, 0) is 36.1 Å². The Kier molecular flexibility index (Phi) is 17.0. The van der Waals surface area contributed by atoms with E-state index in [2.05, 4.69) is 5.32 Å². The van der Waals surface area contributed by atoms with Gasteiger partial charge in [-0.1, -0.05) is 6.92 Å². The van der Waals surface area contributed by atoms with Gasteiger partial charge in [-0.25, -0.2) is 0 Å². The molecular weight excluding hydrogens is 426 g/mol. The molecule has 0 saturated carbocycles. The summed E-state index contributed by atoms with van der Waals surface area (Å²) in [4.78, 5) is 12.2. The molecule has 0 aliphatic rings. The molecule has 1 unspecified atom stereocenters. The lowest BCUT2D eigenvalue weighted by Crippen LogP contribution is -2.46. The molecule has 0 rings (SSSR count). The van der Waals surface area contributed by atoms with Crippen LogP contribution in [0.2, 0.25) is 12.1 Å². The van der Waals surface area contributed by atoms with Crippen molar-refractivity contribution in [1.82, 2.24) is 5.32 Å². The lowest BCUT2D eigenvalue weighted by molar-refractivity contribution is -0.147. The third-order valence-electron chi connectivity index (χ3n) is 4.59. The number of esters is 1. The predicted octanol–water partition coefficient (Wildman–Crippen LogP) is 2.46. The molecule has 0 saturated heterocycles. The zero-order valence-electron chi connectivity index (χ0n) is 19.9. The molecule has 30 heavy (non-hydrogen) atoms. The molecule has 0 spiro atoms. The van der Waals surface area contributed by atoms with Crippen LogP contribution >= 0.6 is 0 Å². The first-order chi connectivity index (χ1) is 14.4. The Labute approximate surface area is 184 Å². The van der Waals surface area contributed by atoms with Crippen molar-refractivity contribution in [2.45, 2.75) is 52.6 Å². The van der Waals surface area contributed by atoms with E-state index in [1.807, 2.05) is 27.7 Å². The third-order valence-corrected chi connectivity index (χ3v) is 10.6. The molecule has 0 aliphatic carbocycles. The van der Waals surface area contributed by atoms with Gasteiger partial charge < -0.3 is 36.6 Å². The van der Waals surface area contributed by atoms with Crippen molar-refractivity contribution < 1.29 is 36.1 Å². The van der Waals surface area contributed by atoms with E-state index in [4.69, 9.17) is 31.3 Å². The SMILES string of the molecule is CCO[Si](CCCNCC(C)C(=O)OCCC[Si](OC)(OC)OC)(OCC)OCC. The minimum atomic E-state index is -2.61. The minimum absolute atomic E-state index is 0.219. The average molecular weight is 470 g/mol. The molecule has 0 heterocycles. The number of rotatable bonds is 20. The molecule has 1 N–H and O–H groups in total. The molecular formula is C19H43NO8Si2. The molecule has 180 valence electrons. The van der Waals surface area contributed by atoms with Crippen LogP contribution in [-0.4, -0.2) is 84.4 Å². The highest BCUT2D eigenvalue weighted by Gasteiger charge is 2.39. The highest BCUT2D eigenvalue weighted by molar-refractivity contribution is 6.61. The molecule has 0 radical (unpaired) electrons. The maximum absolute atomic E-state index is 12.2. The number of carbonyl (C=O) groups is 1. The first-order valence-corrected chi connectivity index (χ1v) is 14.7. The van der Waals surface area contributed by atoms with Crippen molar-refractivity contribution in [1.29, 1.82) is 0 Å². The van der Waals surface area contributed by atoms with Gasteiger partial charge in [0.25, 0.3) is 0 Å². The molecule has 11 heteroatoms. The topological polar surface area (TPSA) is 93.7 Å². The first-order valence-electron chi connectivity index (χ1n) is 10.8. The van der Waals surface area contributed by atoms with E-state index in [1.54, 1.807) is 21.3 Å². The quantitative estimate of drug-likeness (QED) is 0.164. The van der Waals surface area contributed by atoms with Crippen molar-refractivity contribution in [3.63, 3.8) is 0 Å². The number of hydrogen-bond acceptors (Lipinski definition) is 9. The largest absolute Gasteiger partial charge is 0.500 e. The molecule has 0 bridgehead atoms. The van der Waals surface area contributed by atoms with E-state index in [9.17, 15) is 4.79 Å². The van der Waals surface area contributed by atoms with E-state index in [0.29, 0.717) is 45.4 Å². The van der Waals surface area contributed by atoms with Gasteiger partial charge in [-0.2, -0.15) is 0 Å².